The molecule has 4 heteroatoms. The van der Waals surface area contributed by atoms with Gasteiger partial charge in [0.25, 0.3) is 5.91 Å². The minimum atomic E-state index is -0.237. The van der Waals surface area contributed by atoms with Crippen molar-refractivity contribution in [3.05, 3.63) is 29.8 Å². The van der Waals surface area contributed by atoms with Crippen LogP contribution in [-0.2, 0) is 11.3 Å². The second-order valence-corrected chi connectivity index (χ2v) is 6.72. The van der Waals surface area contributed by atoms with E-state index in [0.29, 0.717) is 5.92 Å². The summed E-state index contributed by atoms with van der Waals surface area (Å²) in [6.07, 6.45) is 0. The second kappa shape index (κ2) is 8.03. The molecule has 0 spiro atoms. The Morgan fingerprint density at radius 2 is 1.90 bits per heavy atom. The Morgan fingerprint density at radius 1 is 1.24 bits per heavy atom. The van der Waals surface area contributed by atoms with Crippen LogP contribution in [0.25, 0.3) is 0 Å². The van der Waals surface area contributed by atoms with Gasteiger partial charge >= 0.3 is 0 Å². The summed E-state index contributed by atoms with van der Waals surface area (Å²) in [4.78, 5) is 11.8. The molecule has 1 aromatic rings. The molecule has 1 aromatic carbocycles. The fourth-order valence-corrected chi connectivity index (χ4v) is 1.88. The summed E-state index contributed by atoms with van der Waals surface area (Å²) in [5.74, 6) is 1.26. The first-order valence-corrected chi connectivity index (χ1v) is 7.50. The third-order valence-electron chi connectivity index (χ3n) is 2.71. The third-order valence-corrected chi connectivity index (χ3v) is 2.71. The summed E-state index contributed by atoms with van der Waals surface area (Å²) in [6, 6.07) is 7.82. The zero-order chi connectivity index (χ0) is 15.9. The van der Waals surface area contributed by atoms with Crippen molar-refractivity contribution in [2.24, 2.45) is 5.92 Å². The summed E-state index contributed by atoms with van der Waals surface area (Å²) >= 11 is 0. The molecule has 0 saturated heterocycles. The molecule has 1 amide bonds. The van der Waals surface area contributed by atoms with E-state index in [4.69, 9.17) is 4.74 Å². The molecular weight excluding hydrogens is 264 g/mol. The van der Waals surface area contributed by atoms with E-state index in [1.807, 2.05) is 45.0 Å². The molecule has 0 heterocycles. The monoisotopic (exact) mass is 292 g/mol. The molecule has 0 bridgehead atoms. The Labute approximate surface area is 128 Å². The maximum Gasteiger partial charge on any atom is 0.258 e. The zero-order valence-corrected chi connectivity index (χ0v) is 13.8. The predicted molar refractivity (Wildman–Crippen MR) is 86.4 cm³/mol. The topological polar surface area (TPSA) is 50.4 Å². The molecule has 0 aliphatic heterocycles. The van der Waals surface area contributed by atoms with Crippen LogP contribution < -0.4 is 15.4 Å². The van der Waals surface area contributed by atoms with Gasteiger partial charge in [0.1, 0.15) is 5.75 Å². The van der Waals surface area contributed by atoms with Crippen LogP contribution in [0.1, 0.15) is 40.2 Å². The SMILES string of the molecule is CC(C)CNCc1ccccc1OCC(=O)NC(C)(C)C. The lowest BCUT2D eigenvalue weighted by Crippen LogP contribution is -2.43. The maximum atomic E-state index is 11.8. The summed E-state index contributed by atoms with van der Waals surface area (Å²) in [6.45, 7) is 11.9. The first kappa shape index (κ1) is 17.5. The quantitative estimate of drug-likeness (QED) is 0.812. The Bertz CT molecular complexity index is 450. The molecule has 0 radical (unpaired) electrons. The van der Waals surface area contributed by atoms with Crippen molar-refractivity contribution in [1.29, 1.82) is 0 Å². The first-order chi connectivity index (χ1) is 9.78. The summed E-state index contributed by atoms with van der Waals surface area (Å²) < 4.78 is 5.65. The lowest BCUT2D eigenvalue weighted by atomic mass is 10.1. The van der Waals surface area contributed by atoms with Gasteiger partial charge in [-0.2, -0.15) is 0 Å². The van der Waals surface area contributed by atoms with Crippen LogP contribution in [-0.4, -0.2) is 24.6 Å². The molecule has 2 N–H and O–H groups in total. The van der Waals surface area contributed by atoms with Crippen LogP contribution in [0.5, 0.6) is 5.75 Å². The number of ether oxygens (including phenoxy) is 1. The highest BCUT2D eigenvalue weighted by Crippen LogP contribution is 2.17. The molecule has 4 nitrogen and oxygen atoms in total. The van der Waals surface area contributed by atoms with E-state index in [1.165, 1.54) is 0 Å². The van der Waals surface area contributed by atoms with Crippen LogP contribution in [0.15, 0.2) is 24.3 Å². The largest absolute Gasteiger partial charge is 0.483 e. The molecule has 1 rings (SSSR count). The van der Waals surface area contributed by atoms with Crippen molar-refractivity contribution in [1.82, 2.24) is 10.6 Å². The number of nitrogens with one attached hydrogen (secondary N) is 2. The van der Waals surface area contributed by atoms with Gasteiger partial charge in [-0.15, -0.1) is 0 Å². The lowest BCUT2D eigenvalue weighted by molar-refractivity contribution is -0.124. The fraction of sp³-hybridized carbons (Fsp3) is 0.588. The molecule has 118 valence electrons. The zero-order valence-electron chi connectivity index (χ0n) is 13.8. The van der Waals surface area contributed by atoms with Gasteiger partial charge in [0.2, 0.25) is 0 Å². The molecule has 0 atom stereocenters. The van der Waals surface area contributed by atoms with Gasteiger partial charge in [-0.1, -0.05) is 32.0 Å². The number of benzene rings is 1. The molecule has 0 unspecified atom stereocenters. The Balaban J connectivity index is 2.53. The number of hydrogen-bond donors (Lipinski definition) is 2. The Morgan fingerprint density at radius 3 is 2.52 bits per heavy atom. The van der Waals surface area contributed by atoms with Crippen LogP contribution in [0, 0.1) is 5.92 Å². The van der Waals surface area contributed by atoms with Gasteiger partial charge in [0.15, 0.2) is 6.61 Å². The van der Waals surface area contributed by atoms with Gasteiger partial charge in [-0.25, -0.2) is 0 Å². The van der Waals surface area contributed by atoms with Crippen LogP contribution >= 0.6 is 0 Å². The molecule has 0 aliphatic carbocycles. The summed E-state index contributed by atoms with van der Waals surface area (Å²) in [5.41, 5.74) is 0.834. The van der Waals surface area contributed by atoms with Crippen LogP contribution in [0.2, 0.25) is 0 Å². The van der Waals surface area contributed by atoms with E-state index in [9.17, 15) is 4.79 Å². The molecule has 0 saturated carbocycles. The number of carbonyl (C=O) groups is 1. The van der Waals surface area contributed by atoms with Crippen molar-refractivity contribution >= 4 is 5.91 Å². The number of hydrogen-bond acceptors (Lipinski definition) is 3. The summed E-state index contributed by atoms with van der Waals surface area (Å²) in [7, 11) is 0. The molecule has 0 fully saturated rings. The number of para-hydroxylation sites is 1. The Hall–Kier alpha value is -1.55. The minimum Gasteiger partial charge on any atom is -0.483 e. The molecule has 0 aromatic heterocycles. The standard InChI is InChI=1S/C17H28N2O2/c1-13(2)10-18-11-14-8-6-7-9-15(14)21-12-16(20)19-17(3,4)5/h6-9,13,18H,10-12H2,1-5H3,(H,19,20). The molecule has 21 heavy (non-hydrogen) atoms. The lowest BCUT2D eigenvalue weighted by Gasteiger charge is -2.21. The highest BCUT2D eigenvalue weighted by molar-refractivity contribution is 5.78. The minimum absolute atomic E-state index is 0.0401. The van der Waals surface area contributed by atoms with E-state index in [0.717, 1.165) is 24.4 Å². The normalized spacial score (nSPS) is 11.5. The average Bonchev–Trinajstić information content (AvgIpc) is 2.35. The average molecular weight is 292 g/mol. The van der Waals surface area contributed by atoms with Crippen molar-refractivity contribution < 1.29 is 9.53 Å². The van der Waals surface area contributed by atoms with Crippen molar-refractivity contribution in [2.75, 3.05) is 13.2 Å². The van der Waals surface area contributed by atoms with Crippen LogP contribution in [0.3, 0.4) is 0 Å². The van der Waals surface area contributed by atoms with Crippen LogP contribution in [0.4, 0.5) is 0 Å². The highest BCUT2D eigenvalue weighted by Gasteiger charge is 2.14. The predicted octanol–water partition coefficient (Wildman–Crippen LogP) is 2.73. The van der Waals surface area contributed by atoms with Gasteiger partial charge in [0.05, 0.1) is 0 Å². The van der Waals surface area contributed by atoms with Crippen molar-refractivity contribution in [3.8, 4) is 5.75 Å². The summed E-state index contributed by atoms with van der Waals surface area (Å²) in [5, 5.41) is 6.27. The maximum absolute atomic E-state index is 11.8. The fourth-order valence-electron chi connectivity index (χ4n) is 1.88. The second-order valence-electron chi connectivity index (χ2n) is 6.72. The van der Waals surface area contributed by atoms with E-state index >= 15 is 0 Å². The third kappa shape index (κ3) is 7.71. The van der Waals surface area contributed by atoms with Gasteiger partial charge in [-0.05, 0) is 39.3 Å². The van der Waals surface area contributed by atoms with E-state index in [1.54, 1.807) is 0 Å². The number of rotatable bonds is 7. The van der Waals surface area contributed by atoms with Crippen molar-refractivity contribution in [3.63, 3.8) is 0 Å². The van der Waals surface area contributed by atoms with Crippen molar-refractivity contribution in [2.45, 2.75) is 46.7 Å². The number of amides is 1. The molecular formula is C17H28N2O2. The van der Waals surface area contributed by atoms with E-state index < -0.39 is 0 Å². The smallest absolute Gasteiger partial charge is 0.258 e. The molecule has 0 aliphatic rings. The van der Waals surface area contributed by atoms with E-state index in [2.05, 4.69) is 24.5 Å². The first-order valence-electron chi connectivity index (χ1n) is 7.50. The van der Waals surface area contributed by atoms with E-state index in [-0.39, 0.29) is 18.1 Å². The van der Waals surface area contributed by atoms with Gasteiger partial charge < -0.3 is 15.4 Å². The highest BCUT2D eigenvalue weighted by atomic mass is 16.5. The number of carbonyl (C=O) groups excluding carboxylic acids is 1. The Kier molecular flexibility index (Phi) is 6.69. The van der Waals surface area contributed by atoms with Gasteiger partial charge in [0, 0.05) is 17.6 Å². The van der Waals surface area contributed by atoms with Gasteiger partial charge in [-0.3, -0.25) is 4.79 Å².